The third-order valence-corrected chi connectivity index (χ3v) is 4.57. The molecule has 1 atom stereocenters. The lowest BCUT2D eigenvalue weighted by molar-refractivity contribution is 0.0348. The molecule has 0 aliphatic heterocycles. The largest absolute Gasteiger partial charge is 0.389 e. The fourth-order valence-corrected chi connectivity index (χ4v) is 2.99. The van der Waals surface area contributed by atoms with Crippen LogP contribution >= 0.6 is 0 Å². The molecule has 0 spiro atoms. The maximum Gasteiger partial charge on any atom is 0.0897 e. The van der Waals surface area contributed by atoms with Crippen molar-refractivity contribution in [2.45, 2.75) is 84.2 Å². The van der Waals surface area contributed by atoms with E-state index in [4.69, 9.17) is 4.74 Å². The van der Waals surface area contributed by atoms with Gasteiger partial charge in [0.2, 0.25) is 0 Å². The van der Waals surface area contributed by atoms with Gasteiger partial charge in [0, 0.05) is 19.7 Å². The average molecular weight is 299 g/mol. The van der Waals surface area contributed by atoms with Gasteiger partial charge in [-0.1, -0.05) is 52.4 Å². The van der Waals surface area contributed by atoms with Crippen molar-refractivity contribution in [1.29, 1.82) is 0 Å². The highest BCUT2D eigenvalue weighted by atomic mass is 16.5. The van der Waals surface area contributed by atoms with Gasteiger partial charge in [-0.2, -0.15) is 0 Å². The van der Waals surface area contributed by atoms with Crippen molar-refractivity contribution in [3.05, 3.63) is 0 Å². The van der Waals surface area contributed by atoms with Crippen molar-refractivity contribution >= 4 is 0 Å². The lowest BCUT2D eigenvalue weighted by Crippen LogP contribution is -2.34. The summed E-state index contributed by atoms with van der Waals surface area (Å²) in [5.41, 5.74) is 0.563. The SMILES string of the molecule is CCCCCCCCOCC(O)CNCC1(CCC)CC1. The normalized spacial score (nSPS) is 17.9. The molecular weight excluding hydrogens is 262 g/mol. The second-order valence-electron chi connectivity index (χ2n) is 6.88. The summed E-state index contributed by atoms with van der Waals surface area (Å²) < 4.78 is 5.56. The molecule has 2 N–H and O–H groups in total. The Morgan fingerprint density at radius 1 is 1.05 bits per heavy atom. The fraction of sp³-hybridized carbons (Fsp3) is 1.00. The first-order valence-corrected chi connectivity index (χ1v) is 9.19. The number of ether oxygens (including phenoxy) is 1. The number of hydrogen-bond donors (Lipinski definition) is 2. The van der Waals surface area contributed by atoms with Crippen molar-refractivity contribution in [1.82, 2.24) is 5.32 Å². The molecule has 0 bridgehead atoms. The van der Waals surface area contributed by atoms with Crippen molar-refractivity contribution in [2.75, 3.05) is 26.3 Å². The van der Waals surface area contributed by atoms with Crippen LogP contribution < -0.4 is 5.32 Å². The van der Waals surface area contributed by atoms with Crippen LogP contribution in [-0.2, 0) is 4.74 Å². The zero-order valence-electron chi connectivity index (χ0n) is 14.3. The summed E-state index contributed by atoms with van der Waals surface area (Å²) in [6, 6.07) is 0. The highest BCUT2D eigenvalue weighted by molar-refractivity contribution is 4.94. The van der Waals surface area contributed by atoms with Gasteiger partial charge in [0.25, 0.3) is 0 Å². The van der Waals surface area contributed by atoms with Crippen LogP contribution in [0.15, 0.2) is 0 Å². The van der Waals surface area contributed by atoms with E-state index in [-0.39, 0.29) is 6.10 Å². The second kappa shape index (κ2) is 11.4. The predicted octanol–water partition coefficient (Wildman–Crippen LogP) is 3.89. The molecule has 21 heavy (non-hydrogen) atoms. The van der Waals surface area contributed by atoms with Crippen molar-refractivity contribution in [3.8, 4) is 0 Å². The fourth-order valence-electron chi connectivity index (χ4n) is 2.99. The molecule has 1 unspecified atom stereocenters. The Hall–Kier alpha value is -0.120. The smallest absolute Gasteiger partial charge is 0.0897 e. The molecule has 0 amide bonds. The van der Waals surface area contributed by atoms with E-state index in [0.717, 1.165) is 19.6 Å². The first-order chi connectivity index (χ1) is 10.2. The van der Waals surface area contributed by atoms with Gasteiger partial charge in [-0.05, 0) is 31.1 Å². The molecule has 1 fully saturated rings. The number of aliphatic hydroxyl groups is 1. The van der Waals surface area contributed by atoms with Crippen LogP contribution in [-0.4, -0.2) is 37.5 Å². The van der Waals surface area contributed by atoms with Crippen molar-refractivity contribution in [2.24, 2.45) is 5.41 Å². The lowest BCUT2D eigenvalue weighted by Gasteiger charge is -2.17. The Morgan fingerprint density at radius 3 is 2.43 bits per heavy atom. The summed E-state index contributed by atoms with van der Waals surface area (Å²) in [4.78, 5) is 0. The first-order valence-electron chi connectivity index (χ1n) is 9.19. The van der Waals surface area contributed by atoms with E-state index in [1.807, 2.05) is 0 Å². The number of rotatable bonds is 15. The predicted molar refractivity (Wildman–Crippen MR) is 89.6 cm³/mol. The van der Waals surface area contributed by atoms with Crippen molar-refractivity contribution in [3.63, 3.8) is 0 Å². The van der Waals surface area contributed by atoms with Crippen LogP contribution in [0.2, 0.25) is 0 Å². The van der Waals surface area contributed by atoms with E-state index in [1.165, 1.54) is 57.8 Å². The van der Waals surface area contributed by atoms with Crippen LogP contribution in [0.25, 0.3) is 0 Å². The number of nitrogens with one attached hydrogen (secondary N) is 1. The second-order valence-corrected chi connectivity index (χ2v) is 6.88. The summed E-state index contributed by atoms with van der Waals surface area (Å²) in [7, 11) is 0. The van der Waals surface area contributed by atoms with Gasteiger partial charge in [-0.3, -0.25) is 0 Å². The monoisotopic (exact) mass is 299 g/mol. The Bertz CT molecular complexity index is 241. The molecule has 0 radical (unpaired) electrons. The van der Waals surface area contributed by atoms with Crippen LogP contribution in [0, 0.1) is 5.41 Å². The topological polar surface area (TPSA) is 41.5 Å². The van der Waals surface area contributed by atoms with Crippen LogP contribution in [0.5, 0.6) is 0 Å². The Balaban J connectivity index is 1.84. The van der Waals surface area contributed by atoms with E-state index in [9.17, 15) is 5.11 Å². The quantitative estimate of drug-likeness (QED) is 0.451. The standard InChI is InChI=1S/C18H37NO2/c1-3-5-6-7-8-9-13-21-15-17(20)14-19-16-18(10-4-2)11-12-18/h17,19-20H,3-16H2,1-2H3. The van der Waals surface area contributed by atoms with E-state index in [2.05, 4.69) is 19.2 Å². The summed E-state index contributed by atoms with van der Waals surface area (Å²) in [5, 5.41) is 13.3. The van der Waals surface area contributed by atoms with E-state index < -0.39 is 0 Å². The van der Waals surface area contributed by atoms with Crippen molar-refractivity contribution < 1.29 is 9.84 Å². The molecule has 0 aromatic rings. The molecule has 3 heteroatoms. The Kier molecular flexibility index (Phi) is 10.3. The zero-order chi connectivity index (χ0) is 15.4. The van der Waals surface area contributed by atoms with Gasteiger partial charge in [0.05, 0.1) is 12.7 Å². The molecule has 0 aromatic carbocycles. The number of unbranched alkanes of at least 4 members (excludes halogenated alkanes) is 5. The maximum atomic E-state index is 9.88. The maximum absolute atomic E-state index is 9.88. The van der Waals surface area contributed by atoms with E-state index in [0.29, 0.717) is 18.6 Å². The highest BCUT2D eigenvalue weighted by Gasteiger charge is 2.40. The van der Waals surface area contributed by atoms with Gasteiger partial charge >= 0.3 is 0 Å². The first kappa shape index (κ1) is 18.9. The zero-order valence-corrected chi connectivity index (χ0v) is 14.3. The highest BCUT2D eigenvalue weighted by Crippen LogP contribution is 2.48. The minimum absolute atomic E-state index is 0.359. The molecular formula is C18H37NO2. The Morgan fingerprint density at radius 2 is 1.76 bits per heavy atom. The molecule has 126 valence electrons. The van der Waals surface area contributed by atoms with Gasteiger partial charge in [-0.15, -0.1) is 0 Å². The van der Waals surface area contributed by atoms with Gasteiger partial charge < -0.3 is 15.2 Å². The summed E-state index contributed by atoms with van der Waals surface area (Å²) in [6.07, 6.45) is 12.7. The van der Waals surface area contributed by atoms with E-state index >= 15 is 0 Å². The molecule has 0 heterocycles. The third-order valence-electron chi connectivity index (χ3n) is 4.57. The average Bonchev–Trinajstić information content (AvgIpc) is 3.22. The molecule has 1 aliphatic carbocycles. The summed E-state index contributed by atoms with van der Waals surface area (Å²) >= 11 is 0. The Labute approximate surface area is 131 Å². The number of hydrogen-bond acceptors (Lipinski definition) is 3. The van der Waals surface area contributed by atoms with Crippen LogP contribution in [0.4, 0.5) is 0 Å². The molecule has 0 aromatic heterocycles. The minimum Gasteiger partial charge on any atom is -0.389 e. The molecule has 0 saturated heterocycles. The third kappa shape index (κ3) is 9.49. The van der Waals surface area contributed by atoms with Crippen LogP contribution in [0.1, 0.15) is 78.1 Å². The molecule has 1 rings (SSSR count). The number of aliphatic hydroxyl groups excluding tert-OH is 1. The molecule has 1 saturated carbocycles. The van der Waals surface area contributed by atoms with Gasteiger partial charge in [-0.25, -0.2) is 0 Å². The minimum atomic E-state index is -0.359. The molecule has 1 aliphatic rings. The lowest BCUT2D eigenvalue weighted by atomic mass is 10.0. The molecule has 3 nitrogen and oxygen atoms in total. The van der Waals surface area contributed by atoms with E-state index in [1.54, 1.807) is 0 Å². The summed E-state index contributed by atoms with van der Waals surface area (Å²) in [5.74, 6) is 0. The van der Waals surface area contributed by atoms with Gasteiger partial charge in [0.1, 0.15) is 0 Å². The summed E-state index contributed by atoms with van der Waals surface area (Å²) in [6.45, 7) is 7.50. The van der Waals surface area contributed by atoms with Crippen LogP contribution in [0.3, 0.4) is 0 Å². The van der Waals surface area contributed by atoms with Gasteiger partial charge in [0.15, 0.2) is 0 Å².